The van der Waals surface area contributed by atoms with Crippen LogP contribution in [0.3, 0.4) is 0 Å². The van der Waals surface area contributed by atoms with Gasteiger partial charge >= 0.3 is 5.97 Å². The maximum atomic E-state index is 13.5. The largest absolute Gasteiger partial charge is 0.480 e. The number of aliphatic carboxylic acids is 1. The van der Waals surface area contributed by atoms with Crippen molar-refractivity contribution in [2.75, 3.05) is 13.1 Å². The van der Waals surface area contributed by atoms with E-state index in [1.807, 2.05) is 38.1 Å². The van der Waals surface area contributed by atoms with Gasteiger partial charge in [0.1, 0.15) is 24.2 Å². The second kappa shape index (κ2) is 20.2. The molecule has 2 rings (SSSR count). The molecular formula is C35H56N8O7. The van der Waals surface area contributed by atoms with Crippen molar-refractivity contribution in [1.82, 2.24) is 31.6 Å². The van der Waals surface area contributed by atoms with Gasteiger partial charge in [0.25, 0.3) is 0 Å². The lowest BCUT2D eigenvalue weighted by Crippen LogP contribution is -2.60. The summed E-state index contributed by atoms with van der Waals surface area (Å²) in [5.41, 5.74) is 13.6. The first-order valence-corrected chi connectivity index (χ1v) is 17.3. The van der Waals surface area contributed by atoms with Crippen molar-refractivity contribution in [3.05, 3.63) is 36.0 Å². The van der Waals surface area contributed by atoms with E-state index in [9.17, 15) is 33.9 Å². The highest BCUT2D eigenvalue weighted by Gasteiger charge is 2.34. The molecule has 11 N–H and O–H groups in total. The van der Waals surface area contributed by atoms with Gasteiger partial charge in [0, 0.05) is 17.1 Å². The van der Waals surface area contributed by atoms with E-state index in [2.05, 4.69) is 31.6 Å². The zero-order valence-corrected chi connectivity index (χ0v) is 30.0. The van der Waals surface area contributed by atoms with Crippen LogP contribution in [0, 0.1) is 17.8 Å². The van der Waals surface area contributed by atoms with Crippen molar-refractivity contribution in [1.29, 1.82) is 0 Å². The van der Waals surface area contributed by atoms with Crippen molar-refractivity contribution in [2.24, 2.45) is 29.2 Å². The molecule has 15 nitrogen and oxygen atoms in total. The smallest absolute Gasteiger partial charge is 0.326 e. The average molecular weight is 701 g/mol. The van der Waals surface area contributed by atoms with Gasteiger partial charge < -0.3 is 48.1 Å². The SMILES string of the molecule is CC(C)C[C@@H](NC(=O)[C@H](NC(=O)[C@H](NC(=O)[C@@H](CCCCN)NC(=O)CNC(=O)[C@H](N)Cc1c[nH]c2ccccc12)C(C)C)C(C)C)C(=O)O. The molecule has 0 saturated carbocycles. The summed E-state index contributed by atoms with van der Waals surface area (Å²) < 4.78 is 0. The number of hydrogen-bond acceptors (Lipinski definition) is 8. The van der Waals surface area contributed by atoms with Crippen molar-refractivity contribution in [3.63, 3.8) is 0 Å². The number of aromatic amines is 1. The third kappa shape index (κ3) is 13.1. The Kier molecular flexibility index (Phi) is 16.9. The Morgan fingerprint density at radius 2 is 1.38 bits per heavy atom. The van der Waals surface area contributed by atoms with Crippen LogP contribution in [0.4, 0.5) is 0 Å². The quantitative estimate of drug-likeness (QED) is 0.0829. The van der Waals surface area contributed by atoms with Gasteiger partial charge in [-0.1, -0.05) is 59.7 Å². The minimum absolute atomic E-state index is 0.00662. The molecular weight excluding hydrogens is 644 g/mol. The zero-order valence-electron chi connectivity index (χ0n) is 30.0. The summed E-state index contributed by atoms with van der Waals surface area (Å²) >= 11 is 0. The maximum Gasteiger partial charge on any atom is 0.326 e. The fourth-order valence-corrected chi connectivity index (χ4v) is 5.46. The number of carbonyl (C=O) groups is 6. The van der Waals surface area contributed by atoms with Gasteiger partial charge in [0.2, 0.25) is 29.5 Å². The molecule has 0 aliphatic carbocycles. The number of nitrogens with two attached hydrogens (primary N) is 2. The summed E-state index contributed by atoms with van der Waals surface area (Å²) in [4.78, 5) is 80.6. The highest BCUT2D eigenvalue weighted by atomic mass is 16.4. The Morgan fingerprint density at radius 1 is 0.780 bits per heavy atom. The molecule has 5 atom stereocenters. The van der Waals surface area contributed by atoms with Crippen LogP contribution in [0.1, 0.15) is 72.8 Å². The predicted molar refractivity (Wildman–Crippen MR) is 190 cm³/mol. The first-order valence-electron chi connectivity index (χ1n) is 17.3. The third-order valence-corrected chi connectivity index (χ3v) is 8.29. The van der Waals surface area contributed by atoms with Gasteiger partial charge in [-0.15, -0.1) is 0 Å². The van der Waals surface area contributed by atoms with Crippen LogP contribution in [0.5, 0.6) is 0 Å². The number of carboxylic acids is 1. The number of amides is 5. The van der Waals surface area contributed by atoms with Gasteiger partial charge in [-0.25, -0.2) is 4.79 Å². The number of para-hydroxylation sites is 1. The molecule has 1 aromatic carbocycles. The number of carbonyl (C=O) groups excluding carboxylic acids is 5. The van der Waals surface area contributed by atoms with Gasteiger partial charge in [-0.05, 0) is 68.0 Å². The molecule has 5 amide bonds. The first-order chi connectivity index (χ1) is 23.5. The highest BCUT2D eigenvalue weighted by Crippen LogP contribution is 2.19. The Hall–Kier alpha value is -4.50. The number of rotatable bonds is 21. The molecule has 0 bridgehead atoms. The van der Waals surface area contributed by atoms with E-state index >= 15 is 0 Å². The van der Waals surface area contributed by atoms with E-state index in [-0.39, 0.29) is 25.2 Å². The molecule has 0 radical (unpaired) electrons. The van der Waals surface area contributed by atoms with Gasteiger partial charge in [0.05, 0.1) is 12.6 Å². The summed E-state index contributed by atoms with van der Waals surface area (Å²) in [5, 5.41) is 23.6. The fraction of sp³-hybridized carbons (Fsp3) is 0.600. The molecule has 0 saturated heterocycles. The molecule has 2 aromatic rings. The van der Waals surface area contributed by atoms with E-state index < -0.39 is 84.1 Å². The Morgan fingerprint density at radius 3 is 1.96 bits per heavy atom. The number of benzene rings is 1. The minimum atomic E-state index is -1.18. The molecule has 0 spiro atoms. The zero-order chi connectivity index (χ0) is 37.5. The third-order valence-electron chi connectivity index (χ3n) is 8.29. The van der Waals surface area contributed by atoms with Crippen LogP contribution in [-0.2, 0) is 35.2 Å². The predicted octanol–water partition coefficient (Wildman–Crippen LogP) is 0.665. The fourth-order valence-electron chi connectivity index (χ4n) is 5.46. The number of H-pyrrole nitrogens is 1. The highest BCUT2D eigenvalue weighted by molar-refractivity contribution is 5.96. The molecule has 1 aromatic heterocycles. The average Bonchev–Trinajstić information content (AvgIpc) is 3.45. The lowest BCUT2D eigenvalue weighted by atomic mass is 9.98. The van der Waals surface area contributed by atoms with Crippen molar-refractivity contribution in [2.45, 2.75) is 104 Å². The molecule has 0 aliphatic rings. The number of nitrogens with one attached hydrogen (secondary N) is 6. The summed E-state index contributed by atoms with van der Waals surface area (Å²) in [5.74, 6) is -5.05. The van der Waals surface area contributed by atoms with Crippen LogP contribution in [0.25, 0.3) is 10.9 Å². The second-order valence-electron chi connectivity index (χ2n) is 13.8. The van der Waals surface area contributed by atoms with Crippen LogP contribution >= 0.6 is 0 Å². The van der Waals surface area contributed by atoms with Crippen LogP contribution in [-0.4, -0.2) is 88.9 Å². The van der Waals surface area contributed by atoms with E-state index in [4.69, 9.17) is 11.5 Å². The molecule has 278 valence electrons. The summed E-state index contributed by atoms with van der Waals surface area (Å²) in [6.45, 7) is 10.5. The summed E-state index contributed by atoms with van der Waals surface area (Å²) in [7, 11) is 0. The normalized spacial score (nSPS) is 14.5. The number of carboxylic acid groups (broad SMARTS) is 1. The monoisotopic (exact) mass is 700 g/mol. The number of unbranched alkanes of at least 4 members (excludes halogenated alkanes) is 1. The van der Waals surface area contributed by atoms with Crippen LogP contribution in [0.15, 0.2) is 30.5 Å². The van der Waals surface area contributed by atoms with Crippen LogP contribution in [0.2, 0.25) is 0 Å². The van der Waals surface area contributed by atoms with Crippen molar-refractivity contribution >= 4 is 46.4 Å². The standard InChI is InChI=1S/C35H56N8O7/c1-19(2)15-27(35(49)50)41-33(47)29(20(3)4)43-34(48)30(21(5)6)42-32(46)26(13-9-10-14-36)40-28(44)18-39-31(45)24(37)16-22-17-38-25-12-8-7-11-23(22)25/h7-8,11-12,17,19-21,24,26-27,29-30,38H,9-10,13-16,18,36-37H2,1-6H3,(H,39,45)(H,40,44)(H,41,47)(H,42,46)(H,43,48)(H,49,50)/t24-,26-,27-,29-,30-/m1/s1. The van der Waals surface area contributed by atoms with Gasteiger partial charge in [-0.2, -0.15) is 0 Å². The van der Waals surface area contributed by atoms with Gasteiger partial charge in [0.15, 0.2) is 0 Å². The number of aromatic nitrogens is 1. The Balaban J connectivity index is 2.06. The van der Waals surface area contributed by atoms with E-state index in [1.54, 1.807) is 33.9 Å². The lowest BCUT2D eigenvalue weighted by Gasteiger charge is -2.29. The Labute approximate surface area is 293 Å². The number of hydrogen-bond donors (Lipinski definition) is 9. The molecule has 15 heteroatoms. The molecule has 0 fully saturated rings. The first kappa shape index (κ1) is 41.7. The van der Waals surface area contributed by atoms with E-state index in [0.29, 0.717) is 19.4 Å². The lowest BCUT2D eigenvalue weighted by molar-refractivity contribution is -0.143. The molecule has 0 unspecified atom stereocenters. The topological polar surface area (TPSA) is 251 Å². The van der Waals surface area contributed by atoms with Crippen molar-refractivity contribution < 1.29 is 33.9 Å². The summed E-state index contributed by atoms with van der Waals surface area (Å²) in [6, 6.07) is 2.38. The van der Waals surface area contributed by atoms with E-state index in [1.165, 1.54) is 0 Å². The van der Waals surface area contributed by atoms with E-state index in [0.717, 1.165) is 16.5 Å². The molecule has 0 aliphatic heterocycles. The van der Waals surface area contributed by atoms with Crippen LogP contribution < -0.4 is 38.1 Å². The second-order valence-corrected chi connectivity index (χ2v) is 13.8. The molecule has 1 heterocycles. The molecule has 50 heavy (non-hydrogen) atoms. The number of fused-ring (bicyclic) bond motifs is 1. The minimum Gasteiger partial charge on any atom is -0.480 e. The van der Waals surface area contributed by atoms with Crippen molar-refractivity contribution in [3.8, 4) is 0 Å². The summed E-state index contributed by atoms with van der Waals surface area (Å²) in [6.07, 6.45) is 3.57. The Bertz CT molecular complexity index is 1460. The maximum absolute atomic E-state index is 13.5. The van der Waals surface area contributed by atoms with Gasteiger partial charge in [-0.3, -0.25) is 24.0 Å².